The first kappa shape index (κ1) is 19.2. The van der Waals surface area contributed by atoms with Gasteiger partial charge in [-0.1, -0.05) is 47.6 Å². The highest BCUT2D eigenvalue weighted by molar-refractivity contribution is 7.99. The topological polar surface area (TPSA) is 66.3 Å². The van der Waals surface area contributed by atoms with Crippen LogP contribution in [0.15, 0.2) is 70.6 Å². The van der Waals surface area contributed by atoms with Crippen LogP contribution in [0.3, 0.4) is 0 Å². The molecule has 1 aromatic heterocycles. The molecule has 5 nitrogen and oxygen atoms in total. The largest absolute Gasteiger partial charge is 0.508 e. The first-order valence-corrected chi connectivity index (χ1v) is 9.47. The van der Waals surface area contributed by atoms with E-state index in [4.69, 9.17) is 11.6 Å². The molecule has 3 aromatic rings. The summed E-state index contributed by atoms with van der Waals surface area (Å²) in [6, 6.07) is 17.5. The Labute approximate surface area is 167 Å². The molecule has 0 spiro atoms. The summed E-state index contributed by atoms with van der Waals surface area (Å²) < 4.78 is 0. The molecule has 138 valence electrons. The molecule has 0 aliphatic heterocycles. The minimum Gasteiger partial charge on any atom is -0.508 e. The summed E-state index contributed by atoms with van der Waals surface area (Å²) >= 11 is 7.54. The second-order valence-corrected chi connectivity index (χ2v) is 7.45. The number of phenolic OH excluding ortho intramolecular Hbond substituents is 1. The maximum Gasteiger partial charge on any atom is 0.274 e. The predicted molar refractivity (Wildman–Crippen MR) is 106 cm³/mol. The third kappa shape index (κ3) is 4.59. The molecule has 27 heavy (non-hydrogen) atoms. The Morgan fingerprint density at radius 1 is 1.11 bits per heavy atom. The number of hydrogen-bond acceptors (Lipinski definition) is 5. The van der Waals surface area contributed by atoms with Crippen molar-refractivity contribution in [2.24, 2.45) is 0 Å². The SMILES string of the molecule is C[C@H](c1cccc(O)c1)N(C)C(=O)c1ccc(Sc2ccccc2Cl)nn1. The number of benzene rings is 2. The van der Waals surface area contributed by atoms with Crippen molar-refractivity contribution >= 4 is 29.3 Å². The number of aromatic hydroxyl groups is 1. The molecule has 0 aliphatic carbocycles. The minimum absolute atomic E-state index is 0.168. The summed E-state index contributed by atoms with van der Waals surface area (Å²) in [5, 5.41) is 19.1. The number of hydrogen-bond donors (Lipinski definition) is 1. The van der Waals surface area contributed by atoms with Gasteiger partial charge in [0.2, 0.25) is 0 Å². The van der Waals surface area contributed by atoms with Crippen molar-refractivity contribution in [1.29, 1.82) is 0 Å². The highest BCUT2D eigenvalue weighted by Gasteiger charge is 2.20. The first-order chi connectivity index (χ1) is 13.0. The Morgan fingerprint density at radius 3 is 2.56 bits per heavy atom. The van der Waals surface area contributed by atoms with Crippen LogP contribution in [0.2, 0.25) is 5.02 Å². The van der Waals surface area contributed by atoms with Gasteiger partial charge in [-0.15, -0.1) is 10.2 Å². The molecule has 0 saturated carbocycles. The van der Waals surface area contributed by atoms with E-state index in [1.54, 1.807) is 42.3 Å². The maximum absolute atomic E-state index is 12.7. The first-order valence-electron chi connectivity index (χ1n) is 8.28. The highest BCUT2D eigenvalue weighted by atomic mass is 35.5. The van der Waals surface area contributed by atoms with Gasteiger partial charge in [0.15, 0.2) is 5.69 Å². The second-order valence-electron chi connectivity index (χ2n) is 5.98. The third-order valence-electron chi connectivity index (χ3n) is 4.16. The molecule has 0 radical (unpaired) electrons. The van der Waals surface area contributed by atoms with Crippen molar-refractivity contribution in [3.05, 3.63) is 76.9 Å². The number of halogens is 1. The molecule has 3 rings (SSSR count). The Hall–Kier alpha value is -2.57. The zero-order chi connectivity index (χ0) is 19.4. The standard InChI is InChI=1S/C20H18ClN3O2S/c1-13(14-6-5-7-15(25)12-14)24(2)20(26)17-10-11-19(23-22-17)27-18-9-4-3-8-16(18)21/h3-13,25H,1-2H3/t13-/m1/s1. The van der Waals surface area contributed by atoms with Crippen molar-refractivity contribution in [3.8, 4) is 5.75 Å². The molecule has 0 aliphatic rings. The van der Waals surface area contributed by atoms with Gasteiger partial charge >= 0.3 is 0 Å². The summed E-state index contributed by atoms with van der Waals surface area (Å²) in [6.45, 7) is 1.89. The molecule has 0 unspecified atom stereocenters. The lowest BCUT2D eigenvalue weighted by molar-refractivity contribution is 0.0735. The van der Waals surface area contributed by atoms with Crippen LogP contribution in [0, 0.1) is 0 Å². The van der Waals surface area contributed by atoms with E-state index in [0.717, 1.165) is 10.5 Å². The summed E-state index contributed by atoms with van der Waals surface area (Å²) in [5.41, 5.74) is 1.10. The fourth-order valence-electron chi connectivity index (χ4n) is 2.49. The lowest BCUT2D eigenvalue weighted by Gasteiger charge is -2.25. The minimum atomic E-state index is -0.243. The van der Waals surface area contributed by atoms with Gasteiger partial charge < -0.3 is 10.0 Å². The number of amides is 1. The molecule has 7 heteroatoms. The van der Waals surface area contributed by atoms with Crippen LogP contribution in [-0.2, 0) is 0 Å². The summed E-state index contributed by atoms with van der Waals surface area (Å²) in [6.07, 6.45) is 0. The van der Waals surface area contributed by atoms with Gasteiger partial charge in [0.05, 0.1) is 11.1 Å². The molecule has 1 atom stereocenters. The Kier molecular flexibility index (Phi) is 5.98. The van der Waals surface area contributed by atoms with Gasteiger partial charge in [-0.2, -0.15) is 0 Å². The van der Waals surface area contributed by atoms with Crippen molar-refractivity contribution in [3.63, 3.8) is 0 Å². The lowest BCUT2D eigenvalue weighted by atomic mass is 10.1. The zero-order valence-electron chi connectivity index (χ0n) is 14.8. The Bertz CT molecular complexity index is 950. The van der Waals surface area contributed by atoms with Crippen molar-refractivity contribution in [2.45, 2.75) is 22.9 Å². The van der Waals surface area contributed by atoms with E-state index >= 15 is 0 Å². The number of aromatic nitrogens is 2. The smallest absolute Gasteiger partial charge is 0.274 e. The van der Waals surface area contributed by atoms with Gasteiger partial charge in [-0.05, 0) is 48.9 Å². The van der Waals surface area contributed by atoms with Gasteiger partial charge in [0.1, 0.15) is 10.8 Å². The summed E-state index contributed by atoms with van der Waals surface area (Å²) in [5.74, 6) is -0.0754. The molecular formula is C20H18ClN3O2S. The predicted octanol–water partition coefficient (Wildman–Crippen LogP) is 4.82. The molecular weight excluding hydrogens is 382 g/mol. The monoisotopic (exact) mass is 399 g/mol. The van der Waals surface area contributed by atoms with Gasteiger partial charge in [-0.25, -0.2) is 0 Å². The van der Waals surface area contributed by atoms with Crippen LogP contribution >= 0.6 is 23.4 Å². The van der Waals surface area contributed by atoms with Crippen molar-refractivity contribution in [2.75, 3.05) is 7.05 Å². The van der Waals surface area contributed by atoms with Crippen LogP contribution in [0.1, 0.15) is 29.0 Å². The number of carbonyl (C=O) groups is 1. The van der Waals surface area contributed by atoms with Crippen LogP contribution in [-0.4, -0.2) is 33.2 Å². The van der Waals surface area contributed by atoms with Crippen LogP contribution < -0.4 is 0 Å². The average Bonchev–Trinajstić information content (AvgIpc) is 2.68. The summed E-state index contributed by atoms with van der Waals surface area (Å²) in [7, 11) is 1.70. The van der Waals surface area contributed by atoms with Crippen LogP contribution in [0.25, 0.3) is 0 Å². The van der Waals surface area contributed by atoms with Gasteiger partial charge in [0.25, 0.3) is 5.91 Å². The molecule has 0 saturated heterocycles. The van der Waals surface area contributed by atoms with E-state index < -0.39 is 0 Å². The molecule has 1 amide bonds. The maximum atomic E-state index is 12.7. The quantitative estimate of drug-likeness (QED) is 0.666. The fourth-order valence-corrected chi connectivity index (χ4v) is 3.50. The summed E-state index contributed by atoms with van der Waals surface area (Å²) in [4.78, 5) is 15.1. The molecule has 1 N–H and O–H groups in total. The molecule has 2 aromatic carbocycles. The number of carbonyl (C=O) groups excluding carboxylic acids is 1. The Morgan fingerprint density at radius 2 is 1.89 bits per heavy atom. The number of rotatable bonds is 5. The van der Waals surface area contributed by atoms with E-state index in [-0.39, 0.29) is 23.4 Å². The van der Waals surface area contributed by atoms with Crippen molar-refractivity contribution in [1.82, 2.24) is 15.1 Å². The number of nitrogens with zero attached hydrogens (tertiary/aromatic N) is 3. The van der Waals surface area contributed by atoms with E-state index in [1.165, 1.54) is 11.8 Å². The zero-order valence-corrected chi connectivity index (χ0v) is 16.4. The van der Waals surface area contributed by atoms with Gasteiger partial charge in [-0.3, -0.25) is 4.79 Å². The number of phenols is 1. The molecule has 1 heterocycles. The van der Waals surface area contributed by atoms with Crippen molar-refractivity contribution < 1.29 is 9.90 Å². The van der Waals surface area contributed by atoms with Crippen LogP contribution in [0.5, 0.6) is 5.75 Å². The lowest BCUT2D eigenvalue weighted by Crippen LogP contribution is -2.30. The van der Waals surface area contributed by atoms with E-state index in [0.29, 0.717) is 10.0 Å². The van der Waals surface area contributed by atoms with E-state index in [9.17, 15) is 9.90 Å². The van der Waals surface area contributed by atoms with E-state index in [2.05, 4.69) is 10.2 Å². The van der Waals surface area contributed by atoms with E-state index in [1.807, 2.05) is 37.3 Å². The van der Waals surface area contributed by atoms with Crippen LogP contribution in [0.4, 0.5) is 0 Å². The third-order valence-corrected chi connectivity index (χ3v) is 5.61. The average molecular weight is 400 g/mol. The Balaban J connectivity index is 1.72. The molecule has 0 fully saturated rings. The normalized spacial score (nSPS) is 11.8. The van der Waals surface area contributed by atoms with Gasteiger partial charge in [0, 0.05) is 11.9 Å². The fraction of sp³-hybridized carbons (Fsp3) is 0.150. The highest BCUT2D eigenvalue weighted by Crippen LogP contribution is 2.31. The second kappa shape index (κ2) is 8.41. The molecule has 0 bridgehead atoms.